The lowest BCUT2D eigenvalue weighted by Gasteiger charge is -2.17. The zero-order valence-corrected chi connectivity index (χ0v) is 13.7. The van der Waals surface area contributed by atoms with Crippen LogP contribution in [0.15, 0.2) is 54.6 Å². The molecule has 0 amide bonds. The molecule has 3 rings (SSSR count). The van der Waals surface area contributed by atoms with E-state index in [0.29, 0.717) is 0 Å². The van der Waals surface area contributed by atoms with E-state index in [1.165, 1.54) is 0 Å². The first-order valence-electron chi connectivity index (χ1n) is 6.66. The molecule has 106 valence electrons. The van der Waals surface area contributed by atoms with Crippen LogP contribution in [0, 0.1) is 6.92 Å². The van der Waals surface area contributed by atoms with Crippen molar-refractivity contribution in [3.8, 4) is 0 Å². The van der Waals surface area contributed by atoms with Gasteiger partial charge in [-0.15, -0.1) is 11.6 Å². The Bertz CT molecular complexity index is 809. The molecule has 0 radical (unpaired) electrons. The summed E-state index contributed by atoms with van der Waals surface area (Å²) < 4.78 is 0. The molecule has 0 aliphatic carbocycles. The van der Waals surface area contributed by atoms with Gasteiger partial charge in [0.05, 0.1) is 5.38 Å². The highest BCUT2D eigenvalue weighted by Gasteiger charge is 2.17. The second kappa shape index (κ2) is 5.88. The first-order chi connectivity index (χ1) is 10.1. The van der Waals surface area contributed by atoms with E-state index < -0.39 is 0 Å². The summed E-state index contributed by atoms with van der Waals surface area (Å²) >= 11 is 19.2. The maximum atomic E-state index is 6.74. The van der Waals surface area contributed by atoms with Crippen LogP contribution >= 0.6 is 34.8 Å². The third-order valence-corrected chi connectivity index (χ3v) is 4.97. The van der Waals surface area contributed by atoms with Crippen LogP contribution in [0.2, 0.25) is 10.0 Å². The molecule has 0 heterocycles. The molecule has 0 aromatic heterocycles. The average molecular weight is 336 g/mol. The molecule has 0 saturated carbocycles. The molecule has 0 saturated heterocycles. The van der Waals surface area contributed by atoms with Gasteiger partial charge in [0.15, 0.2) is 0 Å². The zero-order chi connectivity index (χ0) is 15.0. The quantitative estimate of drug-likeness (QED) is 0.453. The fraction of sp³-hybridized carbons (Fsp3) is 0.111. The Morgan fingerprint density at radius 2 is 1.43 bits per heavy atom. The van der Waals surface area contributed by atoms with Gasteiger partial charge in [-0.2, -0.15) is 0 Å². The Balaban J connectivity index is 2.21. The molecular weight excluding hydrogens is 323 g/mol. The van der Waals surface area contributed by atoms with Gasteiger partial charge in [0.2, 0.25) is 0 Å². The molecule has 0 N–H and O–H groups in total. The molecule has 0 aliphatic rings. The predicted molar refractivity (Wildman–Crippen MR) is 92.8 cm³/mol. The number of hydrogen-bond donors (Lipinski definition) is 0. The van der Waals surface area contributed by atoms with Gasteiger partial charge in [0.25, 0.3) is 0 Å². The summed E-state index contributed by atoms with van der Waals surface area (Å²) in [4.78, 5) is 0. The smallest absolute Gasteiger partial charge is 0.0844 e. The summed E-state index contributed by atoms with van der Waals surface area (Å²) in [5.41, 5.74) is 3.08. The molecule has 1 atom stereocenters. The van der Waals surface area contributed by atoms with E-state index in [-0.39, 0.29) is 5.38 Å². The summed E-state index contributed by atoms with van der Waals surface area (Å²) in [5.74, 6) is 0. The summed E-state index contributed by atoms with van der Waals surface area (Å²) in [7, 11) is 0. The number of benzene rings is 3. The van der Waals surface area contributed by atoms with Crippen LogP contribution in [-0.4, -0.2) is 0 Å². The Morgan fingerprint density at radius 3 is 2.19 bits per heavy atom. The van der Waals surface area contributed by atoms with Crippen LogP contribution in [0.3, 0.4) is 0 Å². The molecule has 1 unspecified atom stereocenters. The van der Waals surface area contributed by atoms with E-state index in [0.717, 1.165) is 37.5 Å². The number of hydrogen-bond acceptors (Lipinski definition) is 0. The number of halogens is 3. The van der Waals surface area contributed by atoms with Crippen LogP contribution in [0.4, 0.5) is 0 Å². The molecule has 3 aromatic rings. The summed E-state index contributed by atoms with van der Waals surface area (Å²) in [6.07, 6.45) is 0. The van der Waals surface area contributed by atoms with Gasteiger partial charge in [0.1, 0.15) is 0 Å². The van der Waals surface area contributed by atoms with Gasteiger partial charge in [-0.05, 0) is 41.1 Å². The van der Waals surface area contributed by atoms with Gasteiger partial charge >= 0.3 is 0 Å². The maximum Gasteiger partial charge on any atom is 0.0844 e. The fourth-order valence-electron chi connectivity index (χ4n) is 2.57. The summed E-state index contributed by atoms with van der Waals surface area (Å²) in [6.45, 7) is 1.99. The lowest BCUT2D eigenvalue weighted by molar-refractivity contribution is 1.13. The van der Waals surface area contributed by atoms with E-state index in [1.807, 2.05) is 61.5 Å². The highest BCUT2D eigenvalue weighted by atomic mass is 35.5. The van der Waals surface area contributed by atoms with E-state index >= 15 is 0 Å². The first kappa shape index (κ1) is 14.7. The van der Waals surface area contributed by atoms with Crippen molar-refractivity contribution in [3.63, 3.8) is 0 Å². The standard InChI is InChI=1S/C18H13Cl3/c1-11-12(7-4-8-16(11)19)18(21)15-9-10-17(20)14-6-3-2-5-13(14)15/h2-10,18H,1H3. The number of rotatable bonds is 2. The molecule has 0 bridgehead atoms. The van der Waals surface area contributed by atoms with Crippen molar-refractivity contribution >= 4 is 45.6 Å². The third kappa shape index (κ3) is 2.64. The molecule has 0 fully saturated rings. The van der Waals surface area contributed by atoms with Crippen molar-refractivity contribution in [1.82, 2.24) is 0 Å². The van der Waals surface area contributed by atoms with E-state index in [2.05, 4.69) is 0 Å². The largest absolute Gasteiger partial charge is 0.113 e. The van der Waals surface area contributed by atoms with Crippen molar-refractivity contribution < 1.29 is 0 Å². The molecule has 0 aliphatic heterocycles. The van der Waals surface area contributed by atoms with Gasteiger partial charge in [-0.25, -0.2) is 0 Å². The van der Waals surface area contributed by atoms with Crippen LogP contribution in [-0.2, 0) is 0 Å². The van der Waals surface area contributed by atoms with Crippen LogP contribution in [0.25, 0.3) is 10.8 Å². The van der Waals surface area contributed by atoms with Crippen molar-refractivity contribution in [2.75, 3.05) is 0 Å². The minimum Gasteiger partial charge on any atom is -0.113 e. The van der Waals surface area contributed by atoms with Gasteiger partial charge in [-0.1, -0.05) is 65.7 Å². The molecule has 3 heteroatoms. The van der Waals surface area contributed by atoms with E-state index in [4.69, 9.17) is 34.8 Å². The van der Waals surface area contributed by atoms with E-state index in [9.17, 15) is 0 Å². The molecule has 21 heavy (non-hydrogen) atoms. The molecule has 0 nitrogen and oxygen atoms in total. The fourth-order valence-corrected chi connectivity index (χ4v) is 3.41. The minimum absolute atomic E-state index is 0.258. The topological polar surface area (TPSA) is 0 Å². The molecule has 3 aromatic carbocycles. The predicted octanol–water partition coefficient (Wildman–Crippen LogP) is 6.78. The van der Waals surface area contributed by atoms with Crippen molar-refractivity contribution in [3.05, 3.63) is 81.3 Å². The van der Waals surface area contributed by atoms with Gasteiger partial charge < -0.3 is 0 Å². The third-order valence-electron chi connectivity index (χ3n) is 3.76. The lowest BCUT2D eigenvalue weighted by Crippen LogP contribution is -1.98. The second-order valence-electron chi connectivity index (χ2n) is 5.00. The highest BCUT2D eigenvalue weighted by Crippen LogP contribution is 2.38. The monoisotopic (exact) mass is 334 g/mol. The second-order valence-corrected chi connectivity index (χ2v) is 6.25. The molecular formula is C18H13Cl3. The average Bonchev–Trinajstić information content (AvgIpc) is 2.50. The molecule has 0 spiro atoms. The van der Waals surface area contributed by atoms with Gasteiger partial charge in [0, 0.05) is 15.4 Å². The van der Waals surface area contributed by atoms with E-state index in [1.54, 1.807) is 0 Å². The lowest BCUT2D eigenvalue weighted by atomic mass is 9.95. The Kier molecular flexibility index (Phi) is 4.12. The van der Waals surface area contributed by atoms with Crippen molar-refractivity contribution in [2.45, 2.75) is 12.3 Å². The summed E-state index contributed by atoms with van der Waals surface area (Å²) in [6, 6.07) is 17.7. The summed E-state index contributed by atoms with van der Waals surface area (Å²) in [5, 5.41) is 3.30. The maximum absolute atomic E-state index is 6.74. The Labute approximate surface area is 139 Å². The van der Waals surface area contributed by atoms with Crippen LogP contribution in [0.1, 0.15) is 22.1 Å². The highest BCUT2D eigenvalue weighted by molar-refractivity contribution is 6.36. The normalized spacial score (nSPS) is 12.6. The van der Waals surface area contributed by atoms with Crippen molar-refractivity contribution in [1.29, 1.82) is 0 Å². The zero-order valence-electron chi connectivity index (χ0n) is 11.4. The van der Waals surface area contributed by atoms with Gasteiger partial charge in [-0.3, -0.25) is 0 Å². The number of fused-ring (bicyclic) bond motifs is 1. The minimum atomic E-state index is -0.258. The van der Waals surface area contributed by atoms with Crippen molar-refractivity contribution in [2.24, 2.45) is 0 Å². The van der Waals surface area contributed by atoms with Crippen LogP contribution < -0.4 is 0 Å². The Morgan fingerprint density at radius 1 is 0.714 bits per heavy atom. The first-order valence-corrected chi connectivity index (χ1v) is 7.85. The van der Waals surface area contributed by atoms with Crippen LogP contribution in [0.5, 0.6) is 0 Å². The Hall–Kier alpha value is -1.21. The SMILES string of the molecule is Cc1c(Cl)cccc1C(Cl)c1ccc(Cl)c2ccccc12. The number of alkyl halides is 1.